The quantitative estimate of drug-likeness (QED) is 0.589. The molecule has 1 unspecified atom stereocenters. The lowest BCUT2D eigenvalue weighted by Gasteiger charge is -2.17. The summed E-state index contributed by atoms with van der Waals surface area (Å²) in [5.74, 6) is -0.417. The molecule has 0 saturated carbocycles. The van der Waals surface area contributed by atoms with E-state index in [1.807, 2.05) is 6.07 Å². The average Bonchev–Trinajstić information content (AvgIpc) is 2.42. The van der Waals surface area contributed by atoms with Crippen LogP contribution in [-0.2, 0) is 9.53 Å². The molecule has 1 aromatic carbocycles. The summed E-state index contributed by atoms with van der Waals surface area (Å²) in [5.41, 5.74) is 0.742. The van der Waals surface area contributed by atoms with E-state index in [1.54, 1.807) is 31.2 Å². The number of hydrogen-bond acceptors (Lipinski definition) is 3. The van der Waals surface area contributed by atoms with E-state index in [0.29, 0.717) is 13.0 Å². The summed E-state index contributed by atoms with van der Waals surface area (Å²) < 4.78 is 41.1. The number of benzene rings is 1. The number of carbonyl (C=O) groups excluding carboxylic acids is 1. The molecule has 1 rings (SSSR count). The zero-order chi connectivity index (χ0) is 15.7. The Kier molecular flexibility index (Phi) is 7.22. The fourth-order valence-electron chi connectivity index (χ4n) is 1.91. The maximum atomic E-state index is 12.0. The summed E-state index contributed by atoms with van der Waals surface area (Å²) in [6, 6.07) is 8.35. The average molecular weight is 303 g/mol. The molecule has 0 fully saturated rings. The summed E-state index contributed by atoms with van der Waals surface area (Å²) in [6.07, 6.45) is -4.53. The predicted octanol–water partition coefficient (Wildman–Crippen LogP) is 3.61. The molecule has 0 aliphatic rings. The van der Waals surface area contributed by atoms with Crippen LogP contribution in [0.1, 0.15) is 37.8 Å². The van der Waals surface area contributed by atoms with Gasteiger partial charge in [-0.3, -0.25) is 0 Å². The molecule has 0 aliphatic carbocycles. The molecular weight excluding hydrogens is 283 g/mol. The number of ether oxygens (including phenoxy) is 1. The van der Waals surface area contributed by atoms with Gasteiger partial charge in [0.25, 0.3) is 0 Å². The number of unbranched alkanes of at least 4 members (excludes halogenated alkanes) is 1. The minimum Gasteiger partial charge on any atom is -0.465 e. The van der Waals surface area contributed by atoms with Crippen LogP contribution in [0, 0.1) is 0 Å². The largest absolute Gasteiger partial charge is 0.465 e. The third-order valence-corrected chi connectivity index (χ3v) is 2.89. The van der Waals surface area contributed by atoms with E-state index in [0.717, 1.165) is 5.56 Å². The van der Waals surface area contributed by atoms with Crippen molar-refractivity contribution in [3.8, 4) is 0 Å². The standard InChI is InChI=1S/C15H20F3NO2/c1-2-21-14(20)13(12-8-4-3-5-9-12)19-11-7-6-10-15(16,17)18/h3-5,8-9,13,19H,2,6-7,10-11H2,1H3. The summed E-state index contributed by atoms with van der Waals surface area (Å²) in [7, 11) is 0. The highest BCUT2D eigenvalue weighted by molar-refractivity contribution is 5.77. The van der Waals surface area contributed by atoms with E-state index in [1.165, 1.54) is 0 Å². The summed E-state index contributed by atoms with van der Waals surface area (Å²) in [6.45, 7) is 2.30. The second-order valence-electron chi connectivity index (χ2n) is 4.62. The van der Waals surface area contributed by atoms with Crippen molar-refractivity contribution in [3.63, 3.8) is 0 Å². The lowest BCUT2D eigenvalue weighted by Crippen LogP contribution is -2.31. The molecule has 21 heavy (non-hydrogen) atoms. The second-order valence-corrected chi connectivity index (χ2v) is 4.62. The number of hydrogen-bond donors (Lipinski definition) is 1. The summed E-state index contributed by atoms with van der Waals surface area (Å²) in [5, 5.41) is 2.96. The summed E-state index contributed by atoms with van der Waals surface area (Å²) >= 11 is 0. The number of esters is 1. The van der Waals surface area contributed by atoms with Crippen molar-refractivity contribution in [2.45, 2.75) is 38.4 Å². The van der Waals surface area contributed by atoms with Crippen molar-refractivity contribution in [1.29, 1.82) is 0 Å². The normalized spacial score (nSPS) is 13.0. The number of rotatable bonds is 8. The van der Waals surface area contributed by atoms with Crippen molar-refractivity contribution < 1.29 is 22.7 Å². The third kappa shape index (κ3) is 7.13. The van der Waals surface area contributed by atoms with Crippen LogP contribution in [-0.4, -0.2) is 25.3 Å². The van der Waals surface area contributed by atoms with Gasteiger partial charge in [-0.1, -0.05) is 30.3 Å². The SMILES string of the molecule is CCOC(=O)C(NCCCCC(F)(F)F)c1ccccc1. The number of halogens is 3. The molecule has 0 spiro atoms. The molecular formula is C15H20F3NO2. The van der Waals surface area contributed by atoms with Crippen LogP contribution in [0.3, 0.4) is 0 Å². The minimum atomic E-state index is -4.13. The van der Waals surface area contributed by atoms with Gasteiger partial charge in [0.2, 0.25) is 0 Å². The Morgan fingerprint density at radius 1 is 1.24 bits per heavy atom. The van der Waals surface area contributed by atoms with Gasteiger partial charge in [-0.2, -0.15) is 13.2 Å². The Morgan fingerprint density at radius 3 is 2.48 bits per heavy atom. The van der Waals surface area contributed by atoms with Gasteiger partial charge in [-0.25, -0.2) is 4.79 Å². The number of nitrogens with one attached hydrogen (secondary N) is 1. The van der Waals surface area contributed by atoms with Gasteiger partial charge in [-0.05, 0) is 31.9 Å². The zero-order valence-electron chi connectivity index (χ0n) is 12.0. The number of alkyl halides is 3. The van der Waals surface area contributed by atoms with Crippen LogP contribution in [0.2, 0.25) is 0 Å². The smallest absolute Gasteiger partial charge is 0.389 e. The van der Waals surface area contributed by atoms with Crippen molar-refractivity contribution in [1.82, 2.24) is 5.32 Å². The second kappa shape index (κ2) is 8.67. The first-order chi connectivity index (χ1) is 9.94. The maximum absolute atomic E-state index is 12.0. The van der Waals surface area contributed by atoms with Crippen molar-refractivity contribution in [3.05, 3.63) is 35.9 Å². The Hall–Kier alpha value is -1.56. The Morgan fingerprint density at radius 2 is 1.90 bits per heavy atom. The molecule has 0 amide bonds. The molecule has 0 aliphatic heterocycles. The number of carbonyl (C=O) groups is 1. The third-order valence-electron chi connectivity index (χ3n) is 2.89. The predicted molar refractivity (Wildman–Crippen MR) is 73.7 cm³/mol. The Bertz CT molecular complexity index is 421. The van der Waals surface area contributed by atoms with E-state index >= 15 is 0 Å². The molecule has 1 atom stereocenters. The highest BCUT2D eigenvalue weighted by atomic mass is 19.4. The first-order valence-electron chi connectivity index (χ1n) is 6.95. The lowest BCUT2D eigenvalue weighted by molar-refractivity contribution is -0.146. The van der Waals surface area contributed by atoms with Crippen LogP contribution in [0.25, 0.3) is 0 Å². The van der Waals surface area contributed by atoms with E-state index in [9.17, 15) is 18.0 Å². The Balaban J connectivity index is 2.49. The fraction of sp³-hybridized carbons (Fsp3) is 0.533. The van der Waals surface area contributed by atoms with Gasteiger partial charge in [0, 0.05) is 6.42 Å². The molecule has 1 N–H and O–H groups in total. The molecule has 0 heterocycles. The van der Waals surface area contributed by atoms with Crippen LogP contribution in [0.4, 0.5) is 13.2 Å². The van der Waals surface area contributed by atoms with Gasteiger partial charge in [0.15, 0.2) is 0 Å². The van der Waals surface area contributed by atoms with Gasteiger partial charge in [0.05, 0.1) is 6.61 Å². The first-order valence-corrected chi connectivity index (χ1v) is 6.95. The highest BCUT2D eigenvalue weighted by Crippen LogP contribution is 2.22. The van der Waals surface area contributed by atoms with Gasteiger partial charge < -0.3 is 10.1 Å². The molecule has 0 bridgehead atoms. The molecule has 0 aromatic heterocycles. The lowest BCUT2D eigenvalue weighted by atomic mass is 10.1. The van der Waals surface area contributed by atoms with Crippen molar-refractivity contribution in [2.75, 3.05) is 13.2 Å². The maximum Gasteiger partial charge on any atom is 0.389 e. The topological polar surface area (TPSA) is 38.3 Å². The van der Waals surface area contributed by atoms with Crippen LogP contribution in [0.5, 0.6) is 0 Å². The first kappa shape index (κ1) is 17.5. The van der Waals surface area contributed by atoms with Gasteiger partial charge >= 0.3 is 12.1 Å². The van der Waals surface area contributed by atoms with Crippen LogP contribution < -0.4 is 5.32 Å². The molecule has 3 nitrogen and oxygen atoms in total. The molecule has 0 saturated heterocycles. The highest BCUT2D eigenvalue weighted by Gasteiger charge is 2.26. The zero-order valence-corrected chi connectivity index (χ0v) is 12.0. The van der Waals surface area contributed by atoms with Crippen LogP contribution in [0.15, 0.2) is 30.3 Å². The van der Waals surface area contributed by atoms with Gasteiger partial charge in [0.1, 0.15) is 6.04 Å². The molecule has 6 heteroatoms. The molecule has 0 radical (unpaired) electrons. The Labute approximate surface area is 122 Å². The van der Waals surface area contributed by atoms with E-state index in [-0.39, 0.29) is 13.0 Å². The van der Waals surface area contributed by atoms with E-state index in [2.05, 4.69) is 5.32 Å². The monoisotopic (exact) mass is 303 g/mol. The van der Waals surface area contributed by atoms with E-state index < -0.39 is 24.6 Å². The summed E-state index contributed by atoms with van der Waals surface area (Å²) in [4.78, 5) is 11.9. The fourth-order valence-corrected chi connectivity index (χ4v) is 1.91. The minimum absolute atomic E-state index is 0.0425. The van der Waals surface area contributed by atoms with Crippen molar-refractivity contribution in [2.24, 2.45) is 0 Å². The van der Waals surface area contributed by atoms with Gasteiger partial charge in [-0.15, -0.1) is 0 Å². The molecule has 1 aromatic rings. The molecule has 118 valence electrons. The van der Waals surface area contributed by atoms with Crippen LogP contribution >= 0.6 is 0 Å². The van der Waals surface area contributed by atoms with E-state index in [4.69, 9.17) is 4.74 Å². The van der Waals surface area contributed by atoms with Crippen molar-refractivity contribution >= 4 is 5.97 Å².